The Morgan fingerprint density at radius 2 is 2.08 bits per heavy atom. The lowest BCUT2D eigenvalue weighted by Gasteiger charge is -2.18. The molecule has 0 fully saturated rings. The van der Waals surface area contributed by atoms with Gasteiger partial charge in [-0.2, -0.15) is 5.10 Å². The third-order valence-electron chi connectivity index (χ3n) is 4.36. The summed E-state index contributed by atoms with van der Waals surface area (Å²) >= 11 is 0. The predicted molar refractivity (Wildman–Crippen MR) is 107 cm³/mol. The standard InChI is InChI=1S/C20H32N6/c1-4-5-6-7-9-17(2)25-20(21-3)23-13-18-10-8-11-19(12-18)14-26-16-22-15-24-26/h8,10-12,15-17H,4-7,9,13-14H2,1-3H3,(H2,21,23,25). The quantitative estimate of drug-likeness (QED) is 0.389. The van der Waals surface area contributed by atoms with E-state index in [2.05, 4.69) is 63.8 Å². The number of unbranched alkanes of at least 4 members (excludes halogenated alkanes) is 3. The van der Waals surface area contributed by atoms with Crippen LogP contribution in [0.5, 0.6) is 0 Å². The van der Waals surface area contributed by atoms with Crippen molar-refractivity contribution in [3.63, 3.8) is 0 Å². The Morgan fingerprint density at radius 1 is 1.23 bits per heavy atom. The maximum absolute atomic E-state index is 4.34. The zero-order valence-corrected chi connectivity index (χ0v) is 16.3. The Hall–Kier alpha value is -2.37. The molecule has 6 heteroatoms. The van der Waals surface area contributed by atoms with E-state index in [1.54, 1.807) is 12.7 Å². The minimum Gasteiger partial charge on any atom is -0.354 e. The number of guanidine groups is 1. The van der Waals surface area contributed by atoms with Crippen LogP contribution in [0.2, 0.25) is 0 Å². The van der Waals surface area contributed by atoms with Gasteiger partial charge in [-0.15, -0.1) is 0 Å². The second-order valence-electron chi connectivity index (χ2n) is 6.73. The number of hydrogen-bond acceptors (Lipinski definition) is 3. The summed E-state index contributed by atoms with van der Waals surface area (Å²) in [5, 5.41) is 11.0. The van der Waals surface area contributed by atoms with Crippen molar-refractivity contribution in [2.75, 3.05) is 7.05 Å². The van der Waals surface area contributed by atoms with Gasteiger partial charge in [0, 0.05) is 19.6 Å². The first-order valence-electron chi connectivity index (χ1n) is 9.58. The van der Waals surface area contributed by atoms with E-state index in [0.29, 0.717) is 6.04 Å². The van der Waals surface area contributed by atoms with Gasteiger partial charge in [0.05, 0.1) is 6.54 Å². The first-order chi connectivity index (χ1) is 12.7. The molecule has 0 aliphatic carbocycles. The maximum Gasteiger partial charge on any atom is 0.191 e. The number of nitrogens with zero attached hydrogens (tertiary/aromatic N) is 4. The van der Waals surface area contributed by atoms with E-state index in [1.807, 2.05) is 11.7 Å². The average molecular weight is 357 g/mol. The molecule has 1 aromatic heterocycles. The lowest BCUT2D eigenvalue weighted by Crippen LogP contribution is -2.41. The Bertz CT molecular complexity index is 650. The number of nitrogens with one attached hydrogen (secondary N) is 2. The second kappa shape index (κ2) is 11.3. The number of aromatic nitrogens is 3. The van der Waals surface area contributed by atoms with Crippen molar-refractivity contribution >= 4 is 5.96 Å². The van der Waals surface area contributed by atoms with Crippen molar-refractivity contribution in [3.05, 3.63) is 48.0 Å². The largest absolute Gasteiger partial charge is 0.354 e. The van der Waals surface area contributed by atoms with Gasteiger partial charge < -0.3 is 10.6 Å². The maximum atomic E-state index is 4.34. The molecule has 0 amide bonds. The van der Waals surface area contributed by atoms with Crippen LogP contribution in [0.1, 0.15) is 57.1 Å². The molecule has 2 aromatic rings. The zero-order chi connectivity index (χ0) is 18.6. The molecule has 0 bridgehead atoms. The predicted octanol–water partition coefficient (Wildman–Crippen LogP) is 3.35. The summed E-state index contributed by atoms with van der Waals surface area (Å²) in [6.07, 6.45) is 9.65. The second-order valence-corrected chi connectivity index (χ2v) is 6.73. The molecule has 0 radical (unpaired) electrons. The van der Waals surface area contributed by atoms with Crippen molar-refractivity contribution in [1.82, 2.24) is 25.4 Å². The summed E-state index contributed by atoms with van der Waals surface area (Å²) < 4.78 is 1.83. The van der Waals surface area contributed by atoms with Crippen LogP contribution in [0.15, 0.2) is 41.9 Å². The highest BCUT2D eigenvalue weighted by Crippen LogP contribution is 2.07. The molecule has 142 valence electrons. The van der Waals surface area contributed by atoms with Crippen molar-refractivity contribution in [2.45, 2.75) is 65.1 Å². The molecule has 0 saturated heterocycles. The van der Waals surface area contributed by atoms with Gasteiger partial charge in [0.2, 0.25) is 0 Å². The molecular weight excluding hydrogens is 324 g/mol. The minimum atomic E-state index is 0.428. The van der Waals surface area contributed by atoms with Gasteiger partial charge in [-0.1, -0.05) is 56.9 Å². The fraction of sp³-hybridized carbons (Fsp3) is 0.550. The highest BCUT2D eigenvalue weighted by Gasteiger charge is 2.05. The minimum absolute atomic E-state index is 0.428. The van der Waals surface area contributed by atoms with Crippen molar-refractivity contribution in [3.8, 4) is 0 Å². The topological polar surface area (TPSA) is 67.1 Å². The molecule has 0 saturated carbocycles. The van der Waals surface area contributed by atoms with E-state index < -0.39 is 0 Å². The van der Waals surface area contributed by atoms with Gasteiger partial charge >= 0.3 is 0 Å². The van der Waals surface area contributed by atoms with E-state index in [1.165, 1.54) is 43.2 Å². The molecule has 0 aliphatic heterocycles. The van der Waals surface area contributed by atoms with E-state index in [-0.39, 0.29) is 0 Å². The van der Waals surface area contributed by atoms with Crippen LogP contribution in [0.3, 0.4) is 0 Å². The van der Waals surface area contributed by atoms with Crippen LogP contribution in [0.4, 0.5) is 0 Å². The Balaban J connectivity index is 1.78. The van der Waals surface area contributed by atoms with Crippen molar-refractivity contribution in [1.29, 1.82) is 0 Å². The van der Waals surface area contributed by atoms with E-state index in [0.717, 1.165) is 19.0 Å². The van der Waals surface area contributed by atoms with Crippen LogP contribution in [0, 0.1) is 0 Å². The van der Waals surface area contributed by atoms with Crippen molar-refractivity contribution < 1.29 is 0 Å². The monoisotopic (exact) mass is 356 g/mol. The first kappa shape index (κ1) is 19.9. The fourth-order valence-corrected chi connectivity index (χ4v) is 2.90. The fourth-order valence-electron chi connectivity index (χ4n) is 2.90. The lowest BCUT2D eigenvalue weighted by molar-refractivity contribution is 0.537. The van der Waals surface area contributed by atoms with Crippen LogP contribution in [-0.4, -0.2) is 33.8 Å². The highest BCUT2D eigenvalue weighted by atomic mass is 15.3. The molecule has 1 unspecified atom stereocenters. The van der Waals surface area contributed by atoms with Crippen LogP contribution in [0.25, 0.3) is 0 Å². The zero-order valence-electron chi connectivity index (χ0n) is 16.3. The number of benzene rings is 1. The molecule has 1 aromatic carbocycles. The third kappa shape index (κ3) is 7.25. The molecule has 2 N–H and O–H groups in total. The smallest absolute Gasteiger partial charge is 0.191 e. The Labute approximate surface area is 157 Å². The van der Waals surface area contributed by atoms with Gasteiger partial charge in [-0.25, -0.2) is 9.67 Å². The molecule has 6 nitrogen and oxygen atoms in total. The van der Waals surface area contributed by atoms with Crippen LogP contribution in [-0.2, 0) is 13.1 Å². The van der Waals surface area contributed by atoms with Crippen molar-refractivity contribution in [2.24, 2.45) is 4.99 Å². The first-order valence-corrected chi connectivity index (χ1v) is 9.58. The van der Waals surface area contributed by atoms with E-state index in [9.17, 15) is 0 Å². The number of rotatable bonds is 10. The normalized spacial score (nSPS) is 12.8. The highest BCUT2D eigenvalue weighted by molar-refractivity contribution is 5.79. The van der Waals surface area contributed by atoms with Gasteiger partial charge in [-0.05, 0) is 24.5 Å². The Morgan fingerprint density at radius 3 is 2.81 bits per heavy atom. The Kier molecular flexibility index (Phi) is 8.66. The molecule has 0 aliphatic rings. The average Bonchev–Trinajstić information content (AvgIpc) is 3.15. The molecule has 1 heterocycles. The molecular formula is C20H32N6. The van der Waals surface area contributed by atoms with Gasteiger partial charge in [-0.3, -0.25) is 4.99 Å². The molecule has 26 heavy (non-hydrogen) atoms. The number of hydrogen-bond donors (Lipinski definition) is 2. The summed E-state index contributed by atoms with van der Waals surface area (Å²) in [7, 11) is 1.82. The summed E-state index contributed by atoms with van der Waals surface area (Å²) in [6, 6.07) is 8.93. The molecule has 2 rings (SSSR count). The lowest BCUT2D eigenvalue weighted by atomic mass is 10.1. The van der Waals surface area contributed by atoms with Crippen LogP contribution < -0.4 is 10.6 Å². The number of aliphatic imine (C=N–C) groups is 1. The van der Waals surface area contributed by atoms with E-state index in [4.69, 9.17) is 0 Å². The summed E-state index contributed by atoms with van der Waals surface area (Å²) in [6.45, 7) is 5.94. The summed E-state index contributed by atoms with van der Waals surface area (Å²) in [5.41, 5.74) is 2.43. The van der Waals surface area contributed by atoms with E-state index >= 15 is 0 Å². The third-order valence-corrected chi connectivity index (χ3v) is 4.36. The molecule has 0 spiro atoms. The molecule has 1 atom stereocenters. The summed E-state index contributed by atoms with van der Waals surface area (Å²) in [5.74, 6) is 0.856. The van der Waals surface area contributed by atoms with Crippen LogP contribution >= 0.6 is 0 Å². The summed E-state index contributed by atoms with van der Waals surface area (Å²) in [4.78, 5) is 8.33. The van der Waals surface area contributed by atoms with Gasteiger partial charge in [0.15, 0.2) is 5.96 Å². The van der Waals surface area contributed by atoms with Gasteiger partial charge in [0.1, 0.15) is 12.7 Å². The van der Waals surface area contributed by atoms with Gasteiger partial charge in [0.25, 0.3) is 0 Å². The SMILES string of the molecule is CCCCCCC(C)NC(=NC)NCc1cccc(Cn2cncn2)c1.